The molecule has 1 atom stereocenters. The normalized spacial score (nSPS) is 15.8. The molecule has 7 heteroatoms. The second-order valence-electron chi connectivity index (χ2n) is 8.92. The van der Waals surface area contributed by atoms with Gasteiger partial charge in [0.05, 0.1) is 5.92 Å². The van der Waals surface area contributed by atoms with Crippen molar-refractivity contribution >= 4 is 11.7 Å². The molecule has 1 aliphatic rings. The van der Waals surface area contributed by atoms with E-state index in [1.807, 2.05) is 30.5 Å². The predicted octanol–water partition coefficient (Wildman–Crippen LogP) is 4.22. The molecule has 3 heterocycles. The Kier molecular flexibility index (Phi) is 7.13. The van der Waals surface area contributed by atoms with E-state index in [1.165, 1.54) is 11.1 Å². The first-order valence-corrected chi connectivity index (χ1v) is 12.2. The van der Waals surface area contributed by atoms with Crippen LogP contribution in [0.2, 0.25) is 0 Å². The van der Waals surface area contributed by atoms with Crippen molar-refractivity contribution in [3.8, 4) is 5.82 Å². The van der Waals surface area contributed by atoms with Gasteiger partial charge in [-0.2, -0.15) is 5.10 Å². The van der Waals surface area contributed by atoms with Crippen LogP contribution in [0.4, 0.5) is 5.82 Å². The van der Waals surface area contributed by atoms with Gasteiger partial charge in [0.1, 0.15) is 12.1 Å². The average molecular weight is 467 g/mol. The van der Waals surface area contributed by atoms with Crippen molar-refractivity contribution in [3.63, 3.8) is 0 Å². The van der Waals surface area contributed by atoms with Gasteiger partial charge in [0.15, 0.2) is 5.82 Å². The SMILES string of the molecule is O=C(NCCC(c1ccccc1)c1ccccc1)C1CCCN(c2cc(-n3cccn3)ncn2)C1. The maximum Gasteiger partial charge on any atom is 0.224 e. The van der Waals surface area contributed by atoms with Gasteiger partial charge < -0.3 is 10.2 Å². The quantitative estimate of drug-likeness (QED) is 0.421. The van der Waals surface area contributed by atoms with Crippen molar-refractivity contribution in [1.29, 1.82) is 0 Å². The van der Waals surface area contributed by atoms with Gasteiger partial charge in [0.2, 0.25) is 5.91 Å². The van der Waals surface area contributed by atoms with Crippen LogP contribution in [0.3, 0.4) is 0 Å². The molecular weight excluding hydrogens is 436 g/mol. The molecule has 2 aromatic heterocycles. The number of carbonyl (C=O) groups is 1. The van der Waals surface area contributed by atoms with E-state index in [2.05, 4.69) is 73.8 Å². The van der Waals surface area contributed by atoms with E-state index in [9.17, 15) is 4.79 Å². The Morgan fingerprint density at radius 1 is 0.971 bits per heavy atom. The van der Waals surface area contributed by atoms with Crippen LogP contribution in [0.1, 0.15) is 36.3 Å². The van der Waals surface area contributed by atoms with Crippen molar-refractivity contribution in [2.75, 3.05) is 24.5 Å². The smallest absolute Gasteiger partial charge is 0.224 e. The number of hydrogen-bond donors (Lipinski definition) is 1. The summed E-state index contributed by atoms with van der Waals surface area (Å²) in [4.78, 5) is 24.1. The second kappa shape index (κ2) is 11.0. The minimum Gasteiger partial charge on any atom is -0.356 e. The zero-order valence-corrected chi connectivity index (χ0v) is 19.7. The van der Waals surface area contributed by atoms with Crippen molar-refractivity contribution in [2.24, 2.45) is 5.92 Å². The molecule has 1 unspecified atom stereocenters. The Morgan fingerprint density at radius 3 is 2.37 bits per heavy atom. The fourth-order valence-corrected chi connectivity index (χ4v) is 4.82. The maximum absolute atomic E-state index is 13.1. The summed E-state index contributed by atoms with van der Waals surface area (Å²) in [5, 5.41) is 7.47. The van der Waals surface area contributed by atoms with Gasteiger partial charge in [-0.1, -0.05) is 60.7 Å². The molecule has 0 aliphatic carbocycles. The number of benzene rings is 2. The molecule has 1 amide bonds. The van der Waals surface area contributed by atoms with Gasteiger partial charge in [-0.25, -0.2) is 14.6 Å². The molecule has 7 nitrogen and oxygen atoms in total. The predicted molar refractivity (Wildman–Crippen MR) is 136 cm³/mol. The van der Waals surface area contributed by atoms with Crippen LogP contribution in [0.25, 0.3) is 5.82 Å². The molecule has 0 saturated carbocycles. The zero-order valence-electron chi connectivity index (χ0n) is 19.7. The van der Waals surface area contributed by atoms with Crippen LogP contribution in [-0.4, -0.2) is 45.3 Å². The molecule has 0 radical (unpaired) electrons. The highest BCUT2D eigenvalue weighted by molar-refractivity contribution is 5.79. The minimum atomic E-state index is -0.0567. The third kappa shape index (κ3) is 5.57. The topological polar surface area (TPSA) is 75.9 Å². The minimum absolute atomic E-state index is 0.0567. The second-order valence-corrected chi connectivity index (χ2v) is 8.92. The Balaban J connectivity index is 1.20. The number of carbonyl (C=O) groups excluding carboxylic acids is 1. The van der Waals surface area contributed by atoms with Crippen molar-refractivity contribution in [3.05, 3.63) is 103 Å². The van der Waals surface area contributed by atoms with Crippen LogP contribution >= 0.6 is 0 Å². The van der Waals surface area contributed by atoms with Gasteiger partial charge in [-0.05, 0) is 36.5 Å². The van der Waals surface area contributed by atoms with Crippen LogP contribution in [0.5, 0.6) is 0 Å². The van der Waals surface area contributed by atoms with Gasteiger partial charge in [0.25, 0.3) is 0 Å². The molecule has 1 saturated heterocycles. The van der Waals surface area contributed by atoms with Gasteiger partial charge in [-0.3, -0.25) is 4.79 Å². The number of nitrogens with one attached hydrogen (secondary N) is 1. The molecule has 1 fully saturated rings. The molecule has 4 aromatic rings. The summed E-state index contributed by atoms with van der Waals surface area (Å²) in [6, 6.07) is 24.8. The summed E-state index contributed by atoms with van der Waals surface area (Å²) in [7, 11) is 0. The third-order valence-corrected chi connectivity index (χ3v) is 6.63. The molecule has 1 N–H and O–H groups in total. The number of piperidine rings is 1. The summed E-state index contributed by atoms with van der Waals surface area (Å²) in [6.45, 7) is 2.17. The number of anilines is 1. The number of amides is 1. The van der Waals surface area contributed by atoms with Crippen LogP contribution in [-0.2, 0) is 4.79 Å². The fourth-order valence-electron chi connectivity index (χ4n) is 4.82. The molecule has 2 aromatic carbocycles. The molecular formula is C28H30N6O. The lowest BCUT2D eigenvalue weighted by atomic mass is 9.88. The highest BCUT2D eigenvalue weighted by Gasteiger charge is 2.27. The zero-order chi connectivity index (χ0) is 23.9. The fraction of sp³-hybridized carbons (Fsp3) is 0.286. The summed E-state index contributed by atoms with van der Waals surface area (Å²) < 4.78 is 1.72. The molecule has 5 rings (SSSR count). The molecule has 178 valence electrons. The Morgan fingerprint density at radius 2 is 1.69 bits per heavy atom. The van der Waals surface area contributed by atoms with Gasteiger partial charge in [-0.15, -0.1) is 0 Å². The van der Waals surface area contributed by atoms with E-state index in [4.69, 9.17) is 0 Å². The van der Waals surface area contributed by atoms with Gasteiger partial charge in [0, 0.05) is 44.0 Å². The van der Waals surface area contributed by atoms with Crippen LogP contribution < -0.4 is 10.2 Å². The van der Waals surface area contributed by atoms with Crippen LogP contribution in [0.15, 0.2) is 91.5 Å². The lowest BCUT2D eigenvalue weighted by molar-refractivity contribution is -0.125. The first kappa shape index (κ1) is 22.8. The third-order valence-electron chi connectivity index (χ3n) is 6.63. The van der Waals surface area contributed by atoms with Crippen molar-refractivity contribution in [1.82, 2.24) is 25.1 Å². The van der Waals surface area contributed by atoms with E-state index < -0.39 is 0 Å². The number of rotatable bonds is 8. The van der Waals surface area contributed by atoms with Crippen LogP contribution in [0, 0.1) is 5.92 Å². The summed E-state index contributed by atoms with van der Waals surface area (Å²) in [5.41, 5.74) is 2.54. The Bertz CT molecular complexity index is 1170. The lowest BCUT2D eigenvalue weighted by Crippen LogP contribution is -2.43. The van der Waals surface area contributed by atoms with Crippen molar-refractivity contribution in [2.45, 2.75) is 25.2 Å². The standard InChI is InChI=1S/C28H30N6O/c35-28(29-16-14-25(22-9-3-1-4-10-22)23-11-5-2-6-12-23)24-13-7-17-33(20-24)26-19-27(31-21-30-26)34-18-8-15-32-34/h1-6,8-12,15,18-19,21,24-25H,7,13-14,16-17,20H2,(H,29,35). The largest absolute Gasteiger partial charge is 0.356 e. The summed E-state index contributed by atoms with van der Waals surface area (Å²) in [6.07, 6.45) is 7.84. The van der Waals surface area contributed by atoms with Gasteiger partial charge >= 0.3 is 0 Å². The highest BCUT2D eigenvalue weighted by Crippen LogP contribution is 2.28. The van der Waals surface area contributed by atoms with E-state index in [1.54, 1.807) is 17.2 Å². The van der Waals surface area contributed by atoms with E-state index in [-0.39, 0.29) is 17.7 Å². The summed E-state index contributed by atoms with van der Waals surface area (Å²) in [5.74, 6) is 1.87. The Hall–Kier alpha value is -4.00. The molecule has 1 aliphatic heterocycles. The molecule has 0 spiro atoms. The first-order chi connectivity index (χ1) is 17.3. The molecule has 35 heavy (non-hydrogen) atoms. The first-order valence-electron chi connectivity index (χ1n) is 12.2. The molecule has 0 bridgehead atoms. The summed E-state index contributed by atoms with van der Waals surface area (Å²) >= 11 is 0. The Labute approximate surface area is 205 Å². The highest BCUT2D eigenvalue weighted by atomic mass is 16.1. The van der Waals surface area contributed by atoms with E-state index in [0.29, 0.717) is 13.1 Å². The monoisotopic (exact) mass is 466 g/mol. The van der Waals surface area contributed by atoms with Crippen molar-refractivity contribution < 1.29 is 4.79 Å². The maximum atomic E-state index is 13.1. The number of hydrogen-bond acceptors (Lipinski definition) is 5. The van der Waals surface area contributed by atoms with E-state index in [0.717, 1.165) is 37.4 Å². The number of aromatic nitrogens is 4. The van der Waals surface area contributed by atoms with E-state index >= 15 is 0 Å². The number of nitrogens with zero attached hydrogens (tertiary/aromatic N) is 5. The lowest BCUT2D eigenvalue weighted by Gasteiger charge is -2.33. The average Bonchev–Trinajstić information content (AvgIpc) is 3.47.